The lowest BCUT2D eigenvalue weighted by molar-refractivity contribution is -0.142. The number of hydrogen-bond donors (Lipinski definition) is 1. The van der Waals surface area contributed by atoms with E-state index in [0.717, 1.165) is 5.75 Å². The summed E-state index contributed by atoms with van der Waals surface area (Å²) in [5, 5.41) is 3.45. The summed E-state index contributed by atoms with van der Waals surface area (Å²) in [6.07, 6.45) is 0. The van der Waals surface area contributed by atoms with Crippen molar-refractivity contribution in [3.05, 3.63) is 35.9 Å². The third kappa shape index (κ3) is 2.90. The molecule has 2 atom stereocenters. The Morgan fingerprint density at radius 1 is 1.44 bits per heavy atom. The van der Waals surface area contributed by atoms with Crippen LogP contribution in [0.15, 0.2) is 30.3 Å². The summed E-state index contributed by atoms with van der Waals surface area (Å²) in [7, 11) is 1.42. The van der Waals surface area contributed by atoms with E-state index in [9.17, 15) is 4.79 Å². The first-order valence-electron chi connectivity index (χ1n) is 4.81. The number of halogens is 1. The highest BCUT2D eigenvalue weighted by atomic mass is 35.5. The highest BCUT2D eigenvalue weighted by Gasteiger charge is 2.30. The monoisotopic (exact) mass is 259 g/mol. The van der Waals surface area contributed by atoms with Crippen molar-refractivity contribution < 1.29 is 9.53 Å². The first-order valence-corrected chi connectivity index (χ1v) is 5.86. The predicted molar refractivity (Wildman–Crippen MR) is 67.8 cm³/mol. The summed E-state index contributed by atoms with van der Waals surface area (Å²) in [4.78, 5) is 11.3. The Labute approximate surface area is 105 Å². The van der Waals surface area contributed by atoms with Crippen LogP contribution >= 0.6 is 24.2 Å². The molecule has 0 radical (unpaired) electrons. The van der Waals surface area contributed by atoms with Crippen LogP contribution in [0.5, 0.6) is 0 Å². The van der Waals surface area contributed by atoms with Gasteiger partial charge in [0.25, 0.3) is 0 Å². The van der Waals surface area contributed by atoms with Crippen molar-refractivity contribution in [1.82, 2.24) is 5.32 Å². The van der Waals surface area contributed by atoms with Gasteiger partial charge in [0, 0.05) is 5.75 Å². The second-order valence-corrected chi connectivity index (χ2v) is 4.50. The molecule has 1 fully saturated rings. The average Bonchev–Trinajstić information content (AvgIpc) is 2.78. The van der Waals surface area contributed by atoms with Gasteiger partial charge in [-0.05, 0) is 5.56 Å². The highest BCUT2D eigenvalue weighted by Crippen LogP contribution is 2.32. The minimum Gasteiger partial charge on any atom is -0.468 e. The van der Waals surface area contributed by atoms with Crippen LogP contribution in [0.2, 0.25) is 0 Å². The normalized spacial score (nSPS) is 23.6. The van der Waals surface area contributed by atoms with Crippen molar-refractivity contribution >= 4 is 30.1 Å². The minimum atomic E-state index is -0.180. The molecule has 1 aliphatic heterocycles. The Balaban J connectivity index is 0.00000128. The zero-order valence-corrected chi connectivity index (χ0v) is 10.5. The standard InChI is InChI=1S/C11H13NO2S.ClH/c1-14-11(13)9-7-15-10(12-9)8-5-3-2-4-6-8;/h2-6,9-10,12H,7H2,1H3;1H. The fraction of sp³-hybridized carbons (Fsp3) is 0.364. The van der Waals surface area contributed by atoms with Crippen LogP contribution in [0.1, 0.15) is 10.9 Å². The number of thioether (sulfide) groups is 1. The minimum absolute atomic E-state index is 0. The number of hydrogen-bond acceptors (Lipinski definition) is 4. The van der Waals surface area contributed by atoms with E-state index in [-0.39, 0.29) is 29.8 Å². The van der Waals surface area contributed by atoms with Gasteiger partial charge in [-0.25, -0.2) is 0 Å². The van der Waals surface area contributed by atoms with Gasteiger partial charge in [0.15, 0.2) is 0 Å². The molecule has 0 amide bonds. The number of esters is 1. The van der Waals surface area contributed by atoms with Crippen LogP contribution in [0.4, 0.5) is 0 Å². The lowest BCUT2D eigenvalue weighted by Crippen LogP contribution is -2.34. The van der Waals surface area contributed by atoms with Crippen LogP contribution in [0.25, 0.3) is 0 Å². The first kappa shape index (κ1) is 13.4. The number of benzene rings is 1. The number of ether oxygens (including phenoxy) is 1. The Hall–Kier alpha value is -0.710. The maximum atomic E-state index is 11.3. The van der Waals surface area contributed by atoms with Crippen molar-refractivity contribution in [2.45, 2.75) is 11.4 Å². The number of rotatable bonds is 2. The van der Waals surface area contributed by atoms with Crippen LogP contribution in [-0.4, -0.2) is 24.9 Å². The topological polar surface area (TPSA) is 38.3 Å². The molecule has 0 aromatic heterocycles. The molecule has 2 unspecified atom stereocenters. The number of nitrogens with one attached hydrogen (secondary N) is 1. The van der Waals surface area contributed by atoms with Crippen molar-refractivity contribution in [1.29, 1.82) is 0 Å². The molecule has 5 heteroatoms. The summed E-state index contributed by atoms with van der Waals surface area (Å²) in [5.74, 6) is 0.590. The molecular weight excluding hydrogens is 246 g/mol. The molecule has 3 nitrogen and oxygen atoms in total. The van der Waals surface area contributed by atoms with Crippen LogP contribution in [0.3, 0.4) is 0 Å². The summed E-state index contributed by atoms with van der Waals surface area (Å²) in [6, 6.07) is 9.94. The number of methoxy groups -OCH3 is 1. The van der Waals surface area contributed by atoms with E-state index in [4.69, 9.17) is 4.74 Å². The first-order chi connectivity index (χ1) is 7.31. The van der Waals surface area contributed by atoms with Crippen molar-refractivity contribution in [2.75, 3.05) is 12.9 Å². The summed E-state index contributed by atoms with van der Waals surface area (Å²) in [5.41, 5.74) is 1.20. The van der Waals surface area contributed by atoms with E-state index < -0.39 is 0 Å². The average molecular weight is 260 g/mol. The molecule has 1 aromatic rings. The van der Waals surface area contributed by atoms with Gasteiger partial charge < -0.3 is 4.74 Å². The van der Waals surface area contributed by atoms with Gasteiger partial charge in [-0.3, -0.25) is 10.1 Å². The third-order valence-corrected chi connectivity index (χ3v) is 3.64. The van der Waals surface area contributed by atoms with Gasteiger partial charge in [0.1, 0.15) is 6.04 Å². The molecule has 0 bridgehead atoms. The van der Waals surface area contributed by atoms with E-state index in [1.165, 1.54) is 12.7 Å². The van der Waals surface area contributed by atoms with Gasteiger partial charge >= 0.3 is 5.97 Å². The lowest BCUT2D eigenvalue weighted by atomic mass is 10.2. The number of carbonyl (C=O) groups is 1. The molecule has 0 spiro atoms. The SMILES string of the molecule is COC(=O)C1CSC(c2ccccc2)N1.Cl. The van der Waals surface area contributed by atoms with Crippen molar-refractivity contribution in [2.24, 2.45) is 0 Å². The highest BCUT2D eigenvalue weighted by molar-refractivity contribution is 7.99. The van der Waals surface area contributed by atoms with Gasteiger partial charge in [-0.15, -0.1) is 24.2 Å². The summed E-state index contributed by atoms with van der Waals surface area (Å²) >= 11 is 1.74. The molecule has 1 aliphatic rings. The summed E-state index contributed by atoms with van der Waals surface area (Å²) in [6.45, 7) is 0. The van der Waals surface area contributed by atoms with Gasteiger partial charge in [0.05, 0.1) is 12.5 Å². The Morgan fingerprint density at radius 2 is 2.12 bits per heavy atom. The Morgan fingerprint density at radius 3 is 2.75 bits per heavy atom. The Bertz CT molecular complexity index is 347. The van der Waals surface area contributed by atoms with E-state index in [1.807, 2.05) is 18.2 Å². The fourth-order valence-electron chi connectivity index (χ4n) is 1.57. The van der Waals surface area contributed by atoms with E-state index in [1.54, 1.807) is 11.8 Å². The van der Waals surface area contributed by atoms with Crippen LogP contribution in [-0.2, 0) is 9.53 Å². The molecule has 2 rings (SSSR count). The lowest BCUT2D eigenvalue weighted by Gasteiger charge is -2.11. The fourth-order valence-corrected chi connectivity index (χ4v) is 2.80. The zero-order valence-electron chi connectivity index (χ0n) is 8.88. The smallest absolute Gasteiger partial charge is 0.323 e. The molecule has 1 aromatic carbocycles. The molecule has 88 valence electrons. The molecular formula is C11H14ClNO2S. The molecule has 1 heterocycles. The second kappa shape index (κ2) is 6.13. The van der Waals surface area contributed by atoms with Gasteiger partial charge in [0.2, 0.25) is 0 Å². The number of carbonyl (C=O) groups excluding carboxylic acids is 1. The maximum Gasteiger partial charge on any atom is 0.323 e. The van der Waals surface area contributed by atoms with E-state index in [0.29, 0.717) is 0 Å². The van der Waals surface area contributed by atoms with Gasteiger partial charge in [-0.1, -0.05) is 30.3 Å². The Kier molecular flexibility index (Phi) is 5.12. The van der Waals surface area contributed by atoms with Crippen LogP contribution in [0, 0.1) is 0 Å². The molecule has 1 N–H and O–H groups in total. The molecule has 0 aliphatic carbocycles. The predicted octanol–water partition coefficient (Wildman–Crippen LogP) is 1.98. The molecule has 16 heavy (non-hydrogen) atoms. The van der Waals surface area contributed by atoms with Crippen molar-refractivity contribution in [3.8, 4) is 0 Å². The van der Waals surface area contributed by atoms with E-state index >= 15 is 0 Å². The third-order valence-electron chi connectivity index (χ3n) is 2.37. The maximum absolute atomic E-state index is 11.3. The van der Waals surface area contributed by atoms with Crippen LogP contribution < -0.4 is 5.32 Å². The van der Waals surface area contributed by atoms with E-state index in [2.05, 4.69) is 17.4 Å². The zero-order chi connectivity index (χ0) is 10.7. The van der Waals surface area contributed by atoms with Crippen molar-refractivity contribution in [3.63, 3.8) is 0 Å². The molecule has 1 saturated heterocycles. The largest absolute Gasteiger partial charge is 0.468 e. The molecule has 0 saturated carbocycles. The quantitative estimate of drug-likeness (QED) is 0.825. The van der Waals surface area contributed by atoms with Gasteiger partial charge in [-0.2, -0.15) is 0 Å². The summed E-state index contributed by atoms with van der Waals surface area (Å²) < 4.78 is 4.70. The second-order valence-electron chi connectivity index (χ2n) is 3.37.